The third-order valence-electron chi connectivity index (χ3n) is 2.80. The van der Waals surface area contributed by atoms with Gasteiger partial charge in [0.15, 0.2) is 5.15 Å². The fourth-order valence-corrected chi connectivity index (χ4v) is 3.42. The van der Waals surface area contributed by atoms with E-state index in [9.17, 15) is 13.4 Å². The molecule has 2 heterocycles. The fourth-order valence-electron chi connectivity index (χ4n) is 1.66. The molecule has 1 unspecified atom stereocenters. The van der Waals surface area contributed by atoms with Crippen LogP contribution in [0.2, 0.25) is 5.15 Å². The van der Waals surface area contributed by atoms with Crippen LogP contribution in [0.25, 0.3) is 10.6 Å². The second-order valence-corrected chi connectivity index (χ2v) is 7.38. The maximum Gasteiger partial charge on any atom is 0.228 e. The van der Waals surface area contributed by atoms with Crippen molar-refractivity contribution in [1.82, 2.24) is 9.97 Å². The lowest BCUT2D eigenvalue weighted by atomic mass is 10.3. The van der Waals surface area contributed by atoms with Gasteiger partial charge in [0.2, 0.25) is 5.91 Å². The first-order valence-electron chi connectivity index (χ1n) is 6.22. The number of nitrogens with zero attached hydrogens (tertiary/aromatic N) is 3. The van der Waals surface area contributed by atoms with Gasteiger partial charge in [-0.2, -0.15) is 0 Å². The summed E-state index contributed by atoms with van der Waals surface area (Å²) in [7, 11) is 0.543. The van der Waals surface area contributed by atoms with Gasteiger partial charge in [-0.05, 0) is 6.07 Å². The van der Waals surface area contributed by atoms with E-state index >= 15 is 0 Å². The standard InChI is InChI=1S/C13H13ClFN3O2S2/c1-18(10(19)3-4-22(2)20)13-11(14)17-12(21-13)8-5-9(15)7-16-6-8/h5-7H,3-4H2,1-2H3. The van der Waals surface area contributed by atoms with Gasteiger partial charge in [-0.25, -0.2) is 9.37 Å². The quantitative estimate of drug-likeness (QED) is 0.821. The Bertz CT molecular complexity index is 723. The fraction of sp³-hybridized carbons (Fsp3) is 0.308. The van der Waals surface area contributed by atoms with E-state index in [2.05, 4.69) is 9.97 Å². The lowest BCUT2D eigenvalue weighted by molar-refractivity contribution is -0.117. The number of thiazole rings is 1. The number of halogens is 2. The summed E-state index contributed by atoms with van der Waals surface area (Å²) in [5.74, 6) is -0.384. The van der Waals surface area contributed by atoms with Crippen LogP contribution in [-0.4, -0.2) is 39.1 Å². The molecule has 22 heavy (non-hydrogen) atoms. The highest BCUT2D eigenvalue weighted by Gasteiger charge is 2.19. The number of carbonyl (C=O) groups excluding carboxylic acids is 1. The molecule has 0 aliphatic rings. The second kappa shape index (κ2) is 7.26. The molecule has 5 nitrogen and oxygen atoms in total. The topological polar surface area (TPSA) is 63.2 Å². The van der Waals surface area contributed by atoms with E-state index in [1.165, 1.54) is 28.5 Å². The van der Waals surface area contributed by atoms with Crippen LogP contribution in [-0.2, 0) is 15.6 Å². The van der Waals surface area contributed by atoms with Gasteiger partial charge in [0.25, 0.3) is 0 Å². The SMILES string of the molecule is CN(C(=O)CCS(C)=O)c1sc(-c2cncc(F)c2)nc1Cl. The molecule has 0 radical (unpaired) electrons. The number of carbonyl (C=O) groups is 1. The highest BCUT2D eigenvalue weighted by molar-refractivity contribution is 7.84. The van der Waals surface area contributed by atoms with Crippen LogP contribution in [0.4, 0.5) is 9.39 Å². The molecular weight excluding hydrogens is 349 g/mol. The zero-order valence-electron chi connectivity index (χ0n) is 11.9. The number of hydrogen-bond acceptors (Lipinski definition) is 5. The lowest BCUT2D eigenvalue weighted by Gasteiger charge is -2.14. The monoisotopic (exact) mass is 361 g/mol. The number of anilines is 1. The maximum atomic E-state index is 13.2. The summed E-state index contributed by atoms with van der Waals surface area (Å²) in [4.78, 5) is 21.3. The molecule has 2 aromatic heterocycles. The van der Waals surface area contributed by atoms with E-state index in [0.29, 0.717) is 21.3 Å². The third-order valence-corrected chi connectivity index (χ3v) is 5.14. The summed E-state index contributed by atoms with van der Waals surface area (Å²) >= 11 is 7.24. The summed E-state index contributed by atoms with van der Waals surface area (Å²) in [5.41, 5.74) is 0.494. The van der Waals surface area contributed by atoms with Crippen LogP contribution in [0, 0.1) is 5.82 Å². The predicted octanol–water partition coefficient (Wildman–Crippen LogP) is 2.73. The highest BCUT2D eigenvalue weighted by atomic mass is 35.5. The van der Waals surface area contributed by atoms with Crippen molar-refractivity contribution in [1.29, 1.82) is 0 Å². The van der Waals surface area contributed by atoms with E-state index in [-0.39, 0.29) is 17.5 Å². The smallest absolute Gasteiger partial charge is 0.228 e. The Morgan fingerprint density at radius 2 is 2.23 bits per heavy atom. The molecule has 1 amide bonds. The van der Waals surface area contributed by atoms with Gasteiger partial charge in [-0.3, -0.25) is 14.0 Å². The maximum absolute atomic E-state index is 13.2. The summed E-state index contributed by atoms with van der Waals surface area (Å²) in [6.45, 7) is 0. The number of rotatable bonds is 5. The van der Waals surface area contributed by atoms with E-state index < -0.39 is 16.6 Å². The summed E-state index contributed by atoms with van der Waals surface area (Å²) in [6, 6.07) is 1.30. The van der Waals surface area contributed by atoms with Gasteiger partial charge < -0.3 is 4.90 Å². The molecule has 0 saturated carbocycles. The van der Waals surface area contributed by atoms with Crippen molar-refractivity contribution in [3.05, 3.63) is 29.4 Å². The Kier molecular flexibility index (Phi) is 5.60. The number of amides is 1. The molecule has 118 valence electrons. The minimum absolute atomic E-state index is 0.157. The molecule has 0 spiro atoms. The van der Waals surface area contributed by atoms with Crippen LogP contribution >= 0.6 is 22.9 Å². The van der Waals surface area contributed by atoms with Crippen molar-refractivity contribution >= 4 is 44.6 Å². The molecular formula is C13H13ClFN3O2S2. The van der Waals surface area contributed by atoms with Crippen molar-refractivity contribution in [3.8, 4) is 10.6 Å². The molecule has 9 heteroatoms. The first-order valence-corrected chi connectivity index (χ1v) is 9.14. The molecule has 0 fully saturated rings. The lowest BCUT2D eigenvalue weighted by Crippen LogP contribution is -2.26. The van der Waals surface area contributed by atoms with E-state index in [4.69, 9.17) is 11.6 Å². The van der Waals surface area contributed by atoms with Gasteiger partial charge >= 0.3 is 0 Å². The molecule has 0 saturated heterocycles. The van der Waals surface area contributed by atoms with Crippen LogP contribution in [0.3, 0.4) is 0 Å². The zero-order chi connectivity index (χ0) is 16.3. The van der Waals surface area contributed by atoms with E-state index in [1.54, 1.807) is 13.3 Å². The van der Waals surface area contributed by atoms with Crippen molar-refractivity contribution in [2.24, 2.45) is 0 Å². The molecule has 2 aromatic rings. The highest BCUT2D eigenvalue weighted by Crippen LogP contribution is 2.37. The largest absolute Gasteiger partial charge is 0.304 e. The summed E-state index contributed by atoms with van der Waals surface area (Å²) in [6.07, 6.45) is 4.27. The second-order valence-electron chi connectivity index (χ2n) is 4.49. The summed E-state index contributed by atoms with van der Waals surface area (Å²) in [5, 5.41) is 1.11. The van der Waals surface area contributed by atoms with Gasteiger partial charge in [0.05, 0.1) is 6.20 Å². The van der Waals surface area contributed by atoms with Crippen molar-refractivity contribution in [2.75, 3.05) is 24.0 Å². The molecule has 0 bridgehead atoms. The minimum atomic E-state index is -1.03. The number of pyridine rings is 1. The van der Waals surface area contributed by atoms with Crippen LogP contribution in [0.1, 0.15) is 6.42 Å². The first-order chi connectivity index (χ1) is 10.4. The molecule has 0 aromatic carbocycles. The van der Waals surface area contributed by atoms with Gasteiger partial charge in [0.1, 0.15) is 15.8 Å². The Hall–Kier alpha value is -1.38. The van der Waals surface area contributed by atoms with Crippen molar-refractivity contribution in [2.45, 2.75) is 6.42 Å². The summed E-state index contributed by atoms with van der Waals surface area (Å²) < 4.78 is 24.3. The molecule has 0 N–H and O–H groups in total. The molecule has 2 rings (SSSR count). The van der Waals surface area contributed by atoms with Crippen LogP contribution in [0.15, 0.2) is 18.5 Å². The Morgan fingerprint density at radius 3 is 2.86 bits per heavy atom. The van der Waals surface area contributed by atoms with Crippen LogP contribution < -0.4 is 4.90 Å². The zero-order valence-corrected chi connectivity index (χ0v) is 14.3. The first kappa shape index (κ1) is 17.0. The van der Waals surface area contributed by atoms with Crippen molar-refractivity contribution in [3.63, 3.8) is 0 Å². The third kappa shape index (κ3) is 4.08. The normalized spacial score (nSPS) is 12.2. The Morgan fingerprint density at radius 1 is 1.50 bits per heavy atom. The minimum Gasteiger partial charge on any atom is -0.304 e. The van der Waals surface area contributed by atoms with Crippen molar-refractivity contribution < 1.29 is 13.4 Å². The predicted molar refractivity (Wildman–Crippen MR) is 87.3 cm³/mol. The Labute approximate surface area is 138 Å². The number of hydrogen-bond donors (Lipinski definition) is 0. The van der Waals surface area contributed by atoms with Gasteiger partial charge in [-0.15, -0.1) is 0 Å². The number of aromatic nitrogens is 2. The molecule has 0 aliphatic heterocycles. The molecule has 0 aliphatic carbocycles. The average Bonchev–Trinajstić information content (AvgIpc) is 2.86. The average molecular weight is 362 g/mol. The van der Waals surface area contributed by atoms with E-state index in [1.807, 2.05) is 0 Å². The van der Waals surface area contributed by atoms with Crippen LogP contribution in [0.5, 0.6) is 0 Å². The molecule has 1 atom stereocenters. The van der Waals surface area contributed by atoms with Gasteiger partial charge in [-0.1, -0.05) is 22.9 Å². The van der Waals surface area contributed by atoms with E-state index in [0.717, 1.165) is 6.20 Å². The van der Waals surface area contributed by atoms with Gasteiger partial charge in [0, 0.05) is 48.0 Å². The Balaban J connectivity index is 2.22.